The molecule has 5 nitrogen and oxygen atoms in total. The molecular weight excluding hydrogens is 336 g/mol. The molecule has 0 spiro atoms. The molecule has 1 fully saturated rings. The standard InChI is InChI=1S/C19H22N2O3S/c1-14-8-9-15(2)18(12-14)20-19(22)16-6-5-7-17(13-16)25(23,24)21-10-3-4-11-21/h5-9,12-13H,3-4,10-11H2,1-2H3,(H,20,22). The normalized spacial score (nSPS) is 15.3. The van der Waals surface area contributed by atoms with Gasteiger partial charge in [-0.2, -0.15) is 4.31 Å². The first kappa shape index (κ1) is 17.6. The fraction of sp³-hybridized carbons (Fsp3) is 0.316. The maximum absolute atomic E-state index is 12.7. The Bertz CT molecular complexity index is 901. The maximum Gasteiger partial charge on any atom is 0.255 e. The van der Waals surface area contributed by atoms with Gasteiger partial charge in [-0.25, -0.2) is 8.42 Å². The summed E-state index contributed by atoms with van der Waals surface area (Å²) in [6.45, 7) is 4.96. The lowest BCUT2D eigenvalue weighted by Crippen LogP contribution is -2.28. The van der Waals surface area contributed by atoms with Crippen molar-refractivity contribution in [3.63, 3.8) is 0 Å². The van der Waals surface area contributed by atoms with Crippen molar-refractivity contribution in [2.45, 2.75) is 31.6 Å². The molecule has 0 bridgehead atoms. The van der Waals surface area contributed by atoms with Crippen LogP contribution in [0.15, 0.2) is 47.4 Å². The van der Waals surface area contributed by atoms with Crippen LogP contribution in [-0.4, -0.2) is 31.7 Å². The summed E-state index contributed by atoms with van der Waals surface area (Å²) in [7, 11) is -3.53. The summed E-state index contributed by atoms with van der Waals surface area (Å²) in [5.74, 6) is -0.313. The lowest BCUT2D eigenvalue weighted by atomic mass is 10.1. The summed E-state index contributed by atoms with van der Waals surface area (Å²) >= 11 is 0. The van der Waals surface area contributed by atoms with E-state index in [1.165, 1.54) is 10.4 Å². The SMILES string of the molecule is Cc1ccc(C)c(NC(=O)c2cccc(S(=O)(=O)N3CCCC3)c2)c1. The number of amides is 1. The number of aryl methyl sites for hydroxylation is 2. The third-order valence-corrected chi connectivity index (χ3v) is 6.33. The van der Waals surface area contributed by atoms with Gasteiger partial charge in [0.25, 0.3) is 5.91 Å². The van der Waals surface area contributed by atoms with Crippen LogP contribution in [0.4, 0.5) is 5.69 Å². The van der Waals surface area contributed by atoms with Crippen LogP contribution >= 0.6 is 0 Å². The Labute approximate surface area is 148 Å². The average Bonchev–Trinajstić information content (AvgIpc) is 3.13. The van der Waals surface area contributed by atoms with E-state index in [2.05, 4.69) is 5.32 Å². The molecule has 0 atom stereocenters. The fourth-order valence-electron chi connectivity index (χ4n) is 2.94. The Morgan fingerprint density at radius 3 is 2.48 bits per heavy atom. The van der Waals surface area contributed by atoms with Crippen LogP contribution < -0.4 is 5.32 Å². The van der Waals surface area contributed by atoms with Crippen molar-refractivity contribution in [1.82, 2.24) is 4.31 Å². The highest BCUT2D eigenvalue weighted by Gasteiger charge is 2.27. The molecule has 1 saturated heterocycles. The third kappa shape index (κ3) is 3.75. The number of hydrogen-bond donors (Lipinski definition) is 1. The monoisotopic (exact) mass is 358 g/mol. The maximum atomic E-state index is 12.7. The van der Waals surface area contributed by atoms with Gasteiger partial charge in [0.15, 0.2) is 0 Å². The predicted octanol–water partition coefficient (Wildman–Crippen LogP) is 3.34. The molecule has 0 unspecified atom stereocenters. The number of hydrogen-bond acceptors (Lipinski definition) is 3. The van der Waals surface area contributed by atoms with Crippen LogP contribution in [0.25, 0.3) is 0 Å². The first-order valence-electron chi connectivity index (χ1n) is 8.37. The highest BCUT2D eigenvalue weighted by atomic mass is 32.2. The first-order chi connectivity index (χ1) is 11.9. The van der Waals surface area contributed by atoms with Crippen LogP contribution in [0.3, 0.4) is 0 Å². The molecule has 3 rings (SSSR count). The molecule has 1 aliphatic heterocycles. The van der Waals surface area contributed by atoms with Crippen molar-refractivity contribution in [3.8, 4) is 0 Å². The minimum Gasteiger partial charge on any atom is -0.322 e. The number of rotatable bonds is 4. The van der Waals surface area contributed by atoms with E-state index in [0.29, 0.717) is 18.7 Å². The van der Waals surface area contributed by atoms with Crippen LogP contribution in [0, 0.1) is 13.8 Å². The second kappa shape index (κ2) is 6.98. The zero-order chi connectivity index (χ0) is 18.0. The second-order valence-electron chi connectivity index (χ2n) is 6.41. The molecule has 0 aromatic heterocycles. The third-order valence-electron chi connectivity index (χ3n) is 4.44. The zero-order valence-electron chi connectivity index (χ0n) is 14.5. The zero-order valence-corrected chi connectivity index (χ0v) is 15.3. The molecule has 1 heterocycles. The van der Waals surface area contributed by atoms with Crippen LogP contribution in [0.1, 0.15) is 34.3 Å². The van der Waals surface area contributed by atoms with Gasteiger partial charge in [0.1, 0.15) is 0 Å². The van der Waals surface area contributed by atoms with Gasteiger partial charge in [-0.3, -0.25) is 4.79 Å². The van der Waals surface area contributed by atoms with Gasteiger partial charge in [0.2, 0.25) is 10.0 Å². The molecular formula is C19H22N2O3S. The van der Waals surface area contributed by atoms with Gasteiger partial charge in [-0.1, -0.05) is 18.2 Å². The van der Waals surface area contributed by atoms with E-state index >= 15 is 0 Å². The van der Waals surface area contributed by atoms with Crippen molar-refractivity contribution < 1.29 is 13.2 Å². The molecule has 0 radical (unpaired) electrons. The smallest absolute Gasteiger partial charge is 0.255 e. The number of nitrogens with zero attached hydrogens (tertiary/aromatic N) is 1. The Hall–Kier alpha value is -2.18. The average molecular weight is 358 g/mol. The van der Waals surface area contributed by atoms with E-state index < -0.39 is 10.0 Å². The second-order valence-corrected chi connectivity index (χ2v) is 8.35. The molecule has 0 saturated carbocycles. The van der Waals surface area contributed by atoms with Gasteiger partial charge in [0.05, 0.1) is 4.90 Å². The van der Waals surface area contributed by atoms with E-state index in [1.54, 1.807) is 18.2 Å². The predicted molar refractivity (Wildman–Crippen MR) is 98.3 cm³/mol. The number of carbonyl (C=O) groups excluding carboxylic acids is 1. The number of carbonyl (C=O) groups is 1. The molecule has 2 aromatic carbocycles. The summed E-state index contributed by atoms with van der Waals surface area (Å²) in [4.78, 5) is 12.7. The Balaban J connectivity index is 1.86. The van der Waals surface area contributed by atoms with Crippen LogP contribution in [-0.2, 0) is 10.0 Å². The van der Waals surface area contributed by atoms with Crippen molar-refractivity contribution in [1.29, 1.82) is 0 Å². The highest BCUT2D eigenvalue weighted by Crippen LogP contribution is 2.22. The largest absolute Gasteiger partial charge is 0.322 e. The first-order valence-corrected chi connectivity index (χ1v) is 9.81. The molecule has 6 heteroatoms. The minimum absolute atomic E-state index is 0.169. The quantitative estimate of drug-likeness (QED) is 0.911. The summed E-state index contributed by atoms with van der Waals surface area (Å²) in [6.07, 6.45) is 1.76. The minimum atomic E-state index is -3.53. The molecule has 2 aromatic rings. The summed E-state index contributed by atoms with van der Waals surface area (Å²) in [5.41, 5.74) is 3.07. The van der Waals surface area contributed by atoms with Gasteiger partial charge in [0, 0.05) is 24.3 Å². The molecule has 25 heavy (non-hydrogen) atoms. The van der Waals surface area contributed by atoms with Gasteiger partial charge in [-0.15, -0.1) is 0 Å². The topological polar surface area (TPSA) is 66.5 Å². The molecule has 0 aliphatic carbocycles. The fourth-order valence-corrected chi connectivity index (χ4v) is 4.50. The Morgan fingerprint density at radius 2 is 1.76 bits per heavy atom. The van der Waals surface area contributed by atoms with E-state index in [-0.39, 0.29) is 10.8 Å². The van der Waals surface area contributed by atoms with Crippen molar-refractivity contribution in [2.75, 3.05) is 18.4 Å². The Kier molecular flexibility index (Phi) is 4.92. The molecule has 1 N–H and O–H groups in total. The lowest BCUT2D eigenvalue weighted by molar-refractivity contribution is 0.102. The highest BCUT2D eigenvalue weighted by molar-refractivity contribution is 7.89. The number of sulfonamides is 1. The van der Waals surface area contributed by atoms with Gasteiger partial charge < -0.3 is 5.32 Å². The molecule has 1 amide bonds. The number of benzene rings is 2. The van der Waals surface area contributed by atoms with E-state index in [1.807, 2.05) is 32.0 Å². The summed E-state index contributed by atoms with van der Waals surface area (Å²) in [5, 5.41) is 2.87. The van der Waals surface area contributed by atoms with Gasteiger partial charge >= 0.3 is 0 Å². The van der Waals surface area contributed by atoms with Gasteiger partial charge in [-0.05, 0) is 62.1 Å². The molecule has 132 valence electrons. The van der Waals surface area contributed by atoms with Crippen molar-refractivity contribution in [2.24, 2.45) is 0 Å². The summed E-state index contributed by atoms with van der Waals surface area (Å²) < 4.78 is 26.8. The van der Waals surface area contributed by atoms with Crippen LogP contribution in [0.2, 0.25) is 0 Å². The van der Waals surface area contributed by atoms with E-state index in [4.69, 9.17) is 0 Å². The summed E-state index contributed by atoms with van der Waals surface area (Å²) in [6, 6.07) is 12.1. The van der Waals surface area contributed by atoms with E-state index in [9.17, 15) is 13.2 Å². The Morgan fingerprint density at radius 1 is 1.04 bits per heavy atom. The van der Waals surface area contributed by atoms with E-state index in [0.717, 1.165) is 29.7 Å². The number of nitrogens with one attached hydrogen (secondary N) is 1. The lowest BCUT2D eigenvalue weighted by Gasteiger charge is -2.16. The van der Waals surface area contributed by atoms with Crippen molar-refractivity contribution in [3.05, 3.63) is 59.2 Å². The molecule has 1 aliphatic rings. The van der Waals surface area contributed by atoms with Crippen molar-refractivity contribution >= 4 is 21.6 Å². The van der Waals surface area contributed by atoms with Crippen LogP contribution in [0.5, 0.6) is 0 Å². The number of anilines is 1.